The maximum atomic E-state index is 5.87. The average Bonchev–Trinajstić information content (AvgIpc) is 2.48. The van der Waals surface area contributed by atoms with Crippen LogP contribution >= 0.6 is 11.3 Å². The van der Waals surface area contributed by atoms with Crippen LogP contribution in [0.5, 0.6) is 0 Å². The molecule has 0 saturated heterocycles. The zero-order valence-corrected chi connectivity index (χ0v) is 11.2. The van der Waals surface area contributed by atoms with Crippen molar-refractivity contribution < 1.29 is 0 Å². The number of rotatable bonds is 3. The molecule has 1 aromatic heterocycles. The van der Waals surface area contributed by atoms with Crippen LogP contribution in [-0.2, 0) is 6.42 Å². The Morgan fingerprint density at radius 3 is 2.47 bits per heavy atom. The Labute approximate surface area is 96.9 Å². The summed E-state index contributed by atoms with van der Waals surface area (Å²) in [6.07, 6.45) is 1.04. The van der Waals surface area contributed by atoms with Gasteiger partial charge >= 0.3 is 0 Å². The summed E-state index contributed by atoms with van der Waals surface area (Å²) in [5.74, 6) is 0.356. The van der Waals surface area contributed by atoms with E-state index in [1.165, 1.54) is 5.01 Å². The van der Waals surface area contributed by atoms with E-state index in [1.807, 2.05) is 6.92 Å². The van der Waals surface area contributed by atoms with Crippen molar-refractivity contribution in [2.45, 2.75) is 53.0 Å². The van der Waals surface area contributed by atoms with E-state index >= 15 is 0 Å². The van der Waals surface area contributed by atoms with Crippen LogP contribution in [0.25, 0.3) is 0 Å². The standard InChI is InChI=1S/C12H22N2S/c1-8(9(2)13)10-7-15-11(14-10)6-12(3,4)5/h7-9H,6,13H2,1-5H3. The van der Waals surface area contributed by atoms with E-state index in [2.05, 4.69) is 38.1 Å². The summed E-state index contributed by atoms with van der Waals surface area (Å²) >= 11 is 1.76. The van der Waals surface area contributed by atoms with E-state index < -0.39 is 0 Å². The van der Waals surface area contributed by atoms with Gasteiger partial charge in [0.25, 0.3) is 0 Å². The molecular weight excluding hydrogens is 204 g/mol. The Hall–Kier alpha value is -0.410. The second-order valence-corrected chi connectivity index (χ2v) is 6.49. The summed E-state index contributed by atoms with van der Waals surface area (Å²) in [5.41, 5.74) is 7.33. The molecule has 2 nitrogen and oxygen atoms in total. The van der Waals surface area contributed by atoms with Crippen molar-refractivity contribution in [1.82, 2.24) is 4.98 Å². The van der Waals surface area contributed by atoms with Gasteiger partial charge in [0.05, 0.1) is 10.7 Å². The van der Waals surface area contributed by atoms with Crippen LogP contribution in [0.15, 0.2) is 5.38 Å². The maximum absolute atomic E-state index is 5.87. The molecular formula is C12H22N2S. The van der Waals surface area contributed by atoms with Gasteiger partial charge in [0.1, 0.15) is 0 Å². The Kier molecular flexibility index (Phi) is 3.90. The highest BCUT2D eigenvalue weighted by molar-refractivity contribution is 7.09. The lowest BCUT2D eigenvalue weighted by molar-refractivity contribution is 0.409. The SMILES string of the molecule is CC(N)C(C)c1csc(CC(C)(C)C)n1. The molecule has 0 saturated carbocycles. The monoisotopic (exact) mass is 226 g/mol. The molecule has 3 heteroatoms. The van der Waals surface area contributed by atoms with Crippen molar-refractivity contribution in [3.05, 3.63) is 16.1 Å². The highest BCUT2D eigenvalue weighted by Crippen LogP contribution is 2.26. The zero-order valence-electron chi connectivity index (χ0n) is 10.4. The molecule has 1 heterocycles. The van der Waals surface area contributed by atoms with Crippen molar-refractivity contribution >= 4 is 11.3 Å². The highest BCUT2D eigenvalue weighted by atomic mass is 32.1. The summed E-state index contributed by atoms with van der Waals surface area (Å²) in [5, 5.41) is 3.37. The van der Waals surface area contributed by atoms with Crippen molar-refractivity contribution in [3.8, 4) is 0 Å². The molecule has 2 N–H and O–H groups in total. The van der Waals surface area contributed by atoms with Gasteiger partial charge in [-0.3, -0.25) is 0 Å². The van der Waals surface area contributed by atoms with Gasteiger partial charge in [-0.05, 0) is 12.3 Å². The first-order valence-corrected chi connectivity index (χ1v) is 6.37. The molecule has 1 aromatic rings. The number of thiazole rings is 1. The van der Waals surface area contributed by atoms with E-state index in [4.69, 9.17) is 5.73 Å². The molecule has 0 fully saturated rings. The van der Waals surface area contributed by atoms with Gasteiger partial charge in [-0.15, -0.1) is 11.3 Å². The minimum absolute atomic E-state index is 0.176. The van der Waals surface area contributed by atoms with Crippen LogP contribution in [0.3, 0.4) is 0 Å². The third-order valence-electron chi connectivity index (χ3n) is 2.51. The second kappa shape index (κ2) is 4.62. The molecule has 0 aliphatic carbocycles. The maximum Gasteiger partial charge on any atom is 0.0933 e. The molecule has 2 unspecified atom stereocenters. The molecule has 0 amide bonds. The van der Waals surface area contributed by atoms with Crippen LogP contribution in [-0.4, -0.2) is 11.0 Å². The number of aromatic nitrogens is 1. The second-order valence-electron chi connectivity index (χ2n) is 5.55. The average molecular weight is 226 g/mol. The predicted molar refractivity (Wildman–Crippen MR) is 67.3 cm³/mol. The Bertz CT molecular complexity index is 310. The molecule has 2 atom stereocenters. The molecule has 15 heavy (non-hydrogen) atoms. The van der Waals surface area contributed by atoms with Crippen LogP contribution < -0.4 is 5.73 Å². The third kappa shape index (κ3) is 3.92. The van der Waals surface area contributed by atoms with E-state index in [1.54, 1.807) is 11.3 Å². The molecule has 0 aliphatic rings. The molecule has 0 bridgehead atoms. The zero-order chi connectivity index (χ0) is 11.6. The fourth-order valence-electron chi connectivity index (χ4n) is 1.34. The van der Waals surface area contributed by atoms with Crippen molar-refractivity contribution in [2.24, 2.45) is 11.1 Å². The van der Waals surface area contributed by atoms with Crippen LogP contribution in [0.4, 0.5) is 0 Å². The van der Waals surface area contributed by atoms with Gasteiger partial charge in [0.15, 0.2) is 0 Å². The largest absolute Gasteiger partial charge is 0.327 e. The fraction of sp³-hybridized carbons (Fsp3) is 0.750. The van der Waals surface area contributed by atoms with Crippen LogP contribution in [0.2, 0.25) is 0 Å². The van der Waals surface area contributed by atoms with Crippen LogP contribution in [0.1, 0.15) is 51.2 Å². The van der Waals surface area contributed by atoms with Gasteiger partial charge < -0.3 is 5.73 Å². The van der Waals surface area contributed by atoms with E-state index in [9.17, 15) is 0 Å². The molecule has 86 valence electrons. The number of hydrogen-bond donors (Lipinski definition) is 1. The highest BCUT2D eigenvalue weighted by Gasteiger charge is 2.17. The number of hydrogen-bond acceptors (Lipinski definition) is 3. The Morgan fingerprint density at radius 2 is 2.00 bits per heavy atom. The molecule has 0 aromatic carbocycles. The summed E-state index contributed by atoms with van der Waals surface area (Å²) in [7, 11) is 0. The summed E-state index contributed by atoms with van der Waals surface area (Å²) in [6.45, 7) is 10.9. The van der Waals surface area contributed by atoms with Gasteiger partial charge in [-0.1, -0.05) is 27.7 Å². The van der Waals surface area contributed by atoms with E-state index in [0.29, 0.717) is 11.3 Å². The molecule has 0 radical (unpaired) electrons. The minimum Gasteiger partial charge on any atom is -0.327 e. The van der Waals surface area contributed by atoms with Crippen LogP contribution in [0, 0.1) is 5.41 Å². The van der Waals surface area contributed by atoms with Crippen molar-refractivity contribution in [3.63, 3.8) is 0 Å². The lowest BCUT2D eigenvalue weighted by Gasteiger charge is -2.16. The Balaban J connectivity index is 2.72. The van der Waals surface area contributed by atoms with Crippen molar-refractivity contribution in [2.75, 3.05) is 0 Å². The first kappa shape index (κ1) is 12.7. The predicted octanol–water partition coefficient (Wildman–Crippen LogP) is 3.18. The summed E-state index contributed by atoms with van der Waals surface area (Å²) in [4.78, 5) is 4.66. The van der Waals surface area contributed by atoms with Crippen molar-refractivity contribution in [1.29, 1.82) is 0 Å². The molecule has 0 aliphatic heterocycles. The minimum atomic E-state index is 0.176. The topological polar surface area (TPSA) is 38.9 Å². The summed E-state index contributed by atoms with van der Waals surface area (Å²) in [6, 6.07) is 0.176. The number of nitrogens with two attached hydrogens (primary N) is 1. The van der Waals surface area contributed by atoms with E-state index in [0.717, 1.165) is 12.1 Å². The van der Waals surface area contributed by atoms with Gasteiger partial charge in [-0.25, -0.2) is 4.98 Å². The Morgan fingerprint density at radius 1 is 1.40 bits per heavy atom. The smallest absolute Gasteiger partial charge is 0.0933 e. The molecule has 1 rings (SSSR count). The fourth-order valence-corrected chi connectivity index (χ4v) is 2.54. The first-order chi connectivity index (χ1) is 6.79. The number of nitrogens with zero attached hydrogens (tertiary/aromatic N) is 1. The lowest BCUT2D eigenvalue weighted by Crippen LogP contribution is -2.22. The van der Waals surface area contributed by atoms with E-state index in [-0.39, 0.29) is 6.04 Å². The normalized spacial score (nSPS) is 16.4. The quantitative estimate of drug-likeness (QED) is 0.859. The van der Waals surface area contributed by atoms with Gasteiger partial charge in [0, 0.05) is 23.8 Å². The van der Waals surface area contributed by atoms with Gasteiger partial charge in [0.2, 0.25) is 0 Å². The lowest BCUT2D eigenvalue weighted by atomic mass is 9.93. The molecule has 0 spiro atoms. The van der Waals surface area contributed by atoms with Gasteiger partial charge in [-0.2, -0.15) is 0 Å². The third-order valence-corrected chi connectivity index (χ3v) is 3.37. The summed E-state index contributed by atoms with van der Waals surface area (Å²) < 4.78 is 0. The first-order valence-electron chi connectivity index (χ1n) is 5.49.